The van der Waals surface area contributed by atoms with Crippen LogP contribution in [0.3, 0.4) is 0 Å². The van der Waals surface area contributed by atoms with E-state index in [4.69, 9.17) is 9.47 Å². The Morgan fingerprint density at radius 3 is 2.68 bits per heavy atom. The van der Waals surface area contributed by atoms with Gasteiger partial charge >= 0.3 is 5.97 Å². The van der Waals surface area contributed by atoms with Gasteiger partial charge in [-0.3, -0.25) is 4.40 Å². The number of fused-ring (bicyclic) bond motifs is 1. The minimum atomic E-state index is -1.01. The second-order valence-corrected chi connectivity index (χ2v) is 4.60. The zero-order chi connectivity index (χ0) is 15.5. The summed E-state index contributed by atoms with van der Waals surface area (Å²) < 4.78 is 12.5. The zero-order valence-electron chi connectivity index (χ0n) is 11.9. The summed E-state index contributed by atoms with van der Waals surface area (Å²) >= 11 is 0. The molecule has 0 atom stereocenters. The van der Waals surface area contributed by atoms with Crippen LogP contribution in [-0.2, 0) is 6.61 Å². The molecule has 0 unspecified atom stereocenters. The van der Waals surface area contributed by atoms with Crippen molar-refractivity contribution >= 4 is 11.6 Å². The van der Waals surface area contributed by atoms with E-state index < -0.39 is 5.97 Å². The quantitative estimate of drug-likeness (QED) is 0.784. The standard InChI is InChI=1S/C16H14N2O4/c1-21-13-6-2-3-7-14(13)22-10-11-9-17-15-8-4-5-12(16(19)20)18(11)15/h2-9H,10H2,1H3,(H,19,20). The van der Waals surface area contributed by atoms with E-state index in [2.05, 4.69) is 4.98 Å². The number of aromatic carboxylic acids is 1. The molecule has 0 aliphatic carbocycles. The SMILES string of the molecule is COc1ccccc1OCc1cnc2cccc(C(=O)O)n12. The molecule has 0 amide bonds. The van der Waals surface area contributed by atoms with E-state index >= 15 is 0 Å². The molecule has 112 valence electrons. The molecule has 22 heavy (non-hydrogen) atoms. The summed E-state index contributed by atoms with van der Waals surface area (Å²) in [6, 6.07) is 12.2. The van der Waals surface area contributed by atoms with Gasteiger partial charge in [-0.25, -0.2) is 9.78 Å². The number of benzene rings is 1. The predicted octanol–water partition coefficient (Wildman–Crippen LogP) is 2.62. The summed E-state index contributed by atoms with van der Waals surface area (Å²) in [5, 5.41) is 9.28. The average Bonchev–Trinajstić information content (AvgIpc) is 2.96. The smallest absolute Gasteiger partial charge is 0.352 e. The van der Waals surface area contributed by atoms with Crippen molar-refractivity contribution in [2.75, 3.05) is 7.11 Å². The number of para-hydroxylation sites is 2. The summed E-state index contributed by atoms with van der Waals surface area (Å²) in [4.78, 5) is 15.5. The summed E-state index contributed by atoms with van der Waals surface area (Å²) in [5.41, 5.74) is 1.37. The molecule has 0 fully saturated rings. The Labute approximate surface area is 126 Å². The second kappa shape index (κ2) is 5.77. The highest BCUT2D eigenvalue weighted by molar-refractivity contribution is 5.86. The number of hydrogen-bond acceptors (Lipinski definition) is 4. The number of pyridine rings is 1. The molecule has 3 rings (SSSR count). The van der Waals surface area contributed by atoms with Crippen LogP contribution in [0.4, 0.5) is 0 Å². The minimum absolute atomic E-state index is 0.147. The van der Waals surface area contributed by atoms with Gasteiger partial charge in [0.15, 0.2) is 11.5 Å². The largest absolute Gasteiger partial charge is 0.493 e. The Morgan fingerprint density at radius 1 is 1.18 bits per heavy atom. The number of imidazole rings is 1. The van der Waals surface area contributed by atoms with Crippen LogP contribution < -0.4 is 9.47 Å². The van der Waals surface area contributed by atoms with Crippen LogP contribution in [0, 0.1) is 0 Å². The lowest BCUT2D eigenvalue weighted by Crippen LogP contribution is -2.09. The normalized spacial score (nSPS) is 10.6. The number of methoxy groups -OCH3 is 1. The van der Waals surface area contributed by atoms with Gasteiger partial charge in [-0.1, -0.05) is 18.2 Å². The molecule has 0 radical (unpaired) electrons. The van der Waals surface area contributed by atoms with Crippen molar-refractivity contribution in [3.8, 4) is 11.5 Å². The zero-order valence-corrected chi connectivity index (χ0v) is 11.9. The fraction of sp³-hybridized carbons (Fsp3) is 0.125. The molecule has 1 N–H and O–H groups in total. The molecule has 6 nitrogen and oxygen atoms in total. The molecule has 3 aromatic rings. The maximum Gasteiger partial charge on any atom is 0.352 e. The van der Waals surface area contributed by atoms with Crippen LogP contribution in [-0.4, -0.2) is 27.6 Å². The van der Waals surface area contributed by atoms with Crippen LogP contribution in [0.2, 0.25) is 0 Å². The van der Waals surface area contributed by atoms with Crippen molar-refractivity contribution in [3.63, 3.8) is 0 Å². The number of ether oxygens (including phenoxy) is 2. The Morgan fingerprint density at radius 2 is 1.95 bits per heavy atom. The van der Waals surface area contributed by atoms with Gasteiger partial charge in [0.05, 0.1) is 19.0 Å². The molecule has 0 aliphatic rings. The van der Waals surface area contributed by atoms with Crippen molar-refractivity contribution in [1.82, 2.24) is 9.38 Å². The van der Waals surface area contributed by atoms with E-state index in [9.17, 15) is 9.90 Å². The molecular weight excluding hydrogens is 284 g/mol. The third kappa shape index (κ3) is 2.46. The van der Waals surface area contributed by atoms with E-state index in [1.807, 2.05) is 12.1 Å². The van der Waals surface area contributed by atoms with Crippen LogP contribution in [0.5, 0.6) is 11.5 Å². The van der Waals surface area contributed by atoms with Gasteiger partial charge in [0.1, 0.15) is 17.9 Å². The number of nitrogens with zero attached hydrogens (tertiary/aromatic N) is 2. The van der Waals surface area contributed by atoms with Gasteiger partial charge in [-0.15, -0.1) is 0 Å². The van der Waals surface area contributed by atoms with Gasteiger partial charge in [-0.2, -0.15) is 0 Å². The summed E-state index contributed by atoms with van der Waals surface area (Å²) in [5.74, 6) is 0.199. The van der Waals surface area contributed by atoms with Crippen LogP contribution >= 0.6 is 0 Å². The molecule has 2 heterocycles. The number of aromatic nitrogens is 2. The van der Waals surface area contributed by atoms with E-state index in [0.29, 0.717) is 22.8 Å². The topological polar surface area (TPSA) is 73.1 Å². The first kappa shape index (κ1) is 13.9. The Bertz CT molecular complexity index is 826. The average molecular weight is 298 g/mol. The van der Waals surface area contributed by atoms with Crippen molar-refractivity contribution in [3.05, 3.63) is 60.0 Å². The third-order valence-electron chi connectivity index (χ3n) is 3.27. The number of carboxylic acid groups (broad SMARTS) is 1. The monoisotopic (exact) mass is 298 g/mol. The van der Waals surface area contributed by atoms with Crippen LogP contribution in [0.15, 0.2) is 48.7 Å². The summed E-state index contributed by atoms with van der Waals surface area (Å²) in [6.07, 6.45) is 1.61. The van der Waals surface area contributed by atoms with Crippen molar-refractivity contribution < 1.29 is 19.4 Å². The van der Waals surface area contributed by atoms with Crippen molar-refractivity contribution in [2.24, 2.45) is 0 Å². The number of carboxylic acids is 1. The van der Waals surface area contributed by atoms with Gasteiger partial charge in [-0.05, 0) is 24.3 Å². The van der Waals surface area contributed by atoms with Crippen LogP contribution in [0.1, 0.15) is 16.2 Å². The Kier molecular flexibility index (Phi) is 3.65. The van der Waals surface area contributed by atoms with E-state index in [0.717, 1.165) is 0 Å². The highest BCUT2D eigenvalue weighted by atomic mass is 16.5. The predicted molar refractivity (Wildman–Crippen MR) is 79.5 cm³/mol. The second-order valence-electron chi connectivity index (χ2n) is 4.60. The Hall–Kier alpha value is -3.02. The van der Waals surface area contributed by atoms with E-state index in [1.54, 1.807) is 42.0 Å². The van der Waals surface area contributed by atoms with Crippen molar-refractivity contribution in [1.29, 1.82) is 0 Å². The molecule has 0 aliphatic heterocycles. The fourth-order valence-corrected chi connectivity index (χ4v) is 2.26. The molecule has 2 aromatic heterocycles. The summed E-state index contributed by atoms with van der Waals surface area (Å²) in [7, 11) is 1.57. The molecule has 0 saturated carbocycles. The molecule has 0 bridgehead atoms. The summed E-state index contributed by atoms with van der Waals surface area (Å²) in [6.45, 7) is 0.186. The van der Waals surface area contributed by atoms with Crippen LogP contribution in [0.25, 0.3) is 5.65 Å². The maximum atomic E-state index is 11.3. The van der Waals surface area contributed by atoms with Gasteiger partial charge in [0, 0.05) is 0 Å². The lowest BCUT2D eigenvalue weighted by molar-refractivity contribution is 0.0688. The number of rotatable bonds is 5. The fourth-order valence-electron chi connectivity index (χ4n) is 2.26. The van der Waals surface area contributed by atoms with Gasteiger partial charge < -0.3 is 14.6 Å². The molecular formula is C16H14N2O4. The molecule has 6 heteroatoms. The third-order valence-corrected chi connectivity index (χ3v) is 3.27. The minimum Gasteiger partial charge on any atom is -0.493 e. The lowest BCUT2D eigenvalue weighted by Gasteiger charge is -2.10. The van der Waals surface area contributed by atoms with Gasteiger partial charge in [0.2, 0.25) is 0 Å². The Balaban J connectivity index is 1.93. The lowest BCUT2D eigenvalue weighted by atomic mass is 10.3. The molecule has 0 saturated heterocycles. The first-order valence-electron chi connectivity index (χ1n) is 6.65. The highest BCUT2D eigenvalue weighted by Gasteiger charge is 2.13. The van der Waals surface area contributed by atoms with E-state index in [1.165, 1.54) is 6.07 Å². The number of carbonyl (C=O) groups is 1. The number of hydrogen-bond donors (Lipinski definition) is 1. The van der Waals surface area contributed by atoms with Crippen molar-refractivity contribution in [2.45, 2.75) is 6.61 Å². The van der Waals surface area contributed by atoms with Gasteiger partial charge in [0.25, 0.3) is 0 Å². The molecule has 1 aromatic carbocycles. The molecule has 0 spiro atoms. The van der Waals surface area contributed by atoms with E-state index in [-0.39, 0.29) is 12.3 Å². The maximum absolute atomic E-state index is 11.3. The highest BCUT2D eigenvalue weighted by Crippen LogP contribution is 2.26. The first-order chi connectivity index (χ1) is 10.7. The first-order valence-corrected chi connectivity index (χ1v) is 6.65.